The molecule has 2 N–H and O–H groups in total. The van der Waals surface area contributed by atoms with Crippen molar-refractivity contribution in [2.75, 3.05) is 11.9 Å². The van der Waals surface area contributed by atoms with Crippen LogP contribution in [0.15, 0.2) is 18.2 Å². The third kappa shape index (κ3) is 3.93. The summed E-state index contributed by atoms with van der Waals surface area (Å²) in [6.45, 7) is 1.85. The minimum absolute atomic E-state index is 0.0558. The fourth-order valence-electron chi connectivity index (χ4n) is 2.28. The summed E-state index contributed by atoms with van der Waals surface area (Å²) in [6, 6.07) is 4.75. The first-order valence-electron chi connectivity index (χ1n) is 6.91. The van der Waals surface area contributed by atoms with E-state index in [9.17, 15) is 15.2 Å². The number of aromatic nitrogens is 2. The summed E-state index contributed by atoms with van der Waals surface area (Å²) >= 11 is 11.8. The van der Waals surface area contributed by atoms with Gasteiger partial charge < -0.3 is 10.4 Å². The van der Waals surface area contributed by atoms with Gasteiger partial charge in [0.2, 0.25) is 5.82 Å². The molecule has 2 aromatic rings. The zero-order valence-corrected chi connectivity index (χ0v) is 14.1. The number of aliphatic hydroxyl groups is 1. The van der Waals surface area contributed by atoms with Crippen molar-refractivity contribution in [2.45, 2.75) is 19.4 Å². The van der Waals surface area contributed by atoms with E-state index in [1.807, 2.05) is 0 Å². The van der Waals surface area contributed by atoms with E-state index in [0.717, 1.165) is 0 Å². The number of halogens is 2. The zero-order chi connectivity index (χ0) is 17.1. The average molecular weight is 359 g/mol. The van der Waals surface area contributed by atoms with Gasteiger partial charge in [0, 0.05) is 23.6 Å². The molecule has 124 valence electrons. The van der Waals surface area contributed by atoms with E-state index in [4.69, 9.17) is 23.2 Å². The van der Waals surface area contributed by atoms with Gasteiger partial charge in [0.1, 0.15) is 5.69 Å². The SMILES string of the molecule is CCc1nn(C)c(NCC(O)c2cc(Cl)cc(Cl)c2)c1[N+](=O)[O-]. The van der Waals surface area contributed by atoms with Crippen molar-refractivity contribution in [1.82, 2.24) is 9.78 Å². The van der Waals surface area contributed by atoms with Crippen LogP contribution >= 0.6 is 23.2 Å². The Labute approximate surface area is 143 Å². The van der Waals surface area contributed by atoms with E-state index in [1.165, 1.54) is 4.68 Å². The highest BCUT2D eigenvalue weighted by Crippen LogP contribution is 2.29. The van der Waals surface area contributed by atoms with Gasteiger partial charge in [-0.05, 0) is 30.2 Å². The number of aliphatic hydroxyl groups excluding tert-OH is 1. The summed E-state index contributed by atoms with van der Waals surface area (Å²) in [6.07, 6.45) is -0.482. The highest BCUT2D eigenvalue weighted by Gasteiger charge is 2.26. The van der Waals surface area contributed by atoms with Crippen molar-refractivity contribution in [3.63, 3.8) is 0 Å². The molecule has 0 aliphatic carbocycles. The van der Waals surface area contributed by atoms with Gasteiger partial charge in [0.15, 0.2) is 0 Å². The Morgan fingerprint density at radius 2 is 2.00 bits per heavy atom. The molecule has 0 fully saturated rings. The predicted octanol–water partition coefficient (Wildman–Crippen LogP) is 3.34. The Balaban J connectivity index is 2.20. The molecule has 2 rings (SSSR count). The lowest BCUT2D eigenvalue weighted by Gasteiger charge is -2.13. The minimum atomic E-state index is -0.925. The van der Waals surface area contributed by atoms with Crippen molar-refractivity contribution >= 4 is 34.7 Å². The number of nitrogens with one attached hydrogen (secondary N) is 1. The molecule has 0 amide bonds. The van der Waals surface area contributed by atoms with E-state index in [0.29, 0.717) is 27.7 Å². The fourth-order valence-corrected chi connectivity index (χ4v) is 2.82. The summed E-state index contributed by atoms with van der Waals surface area (Å²) < 4.78 is 1.40. The highest BCUT2D eigenvalue weighted by atomic mass is 35.5. The topological polar surface area (TPSA) is 93.2 Å². The molecule has 0 saturated carbocycles. The van der Waals surface area contributed by atoms with Crippen LogP contribution in [0.3, 0.4) is 0 Å². The quantitative estimate of drug-likeness (QED) is 0.610. The van der Waals surface area contributed by atoms with Crippen LogP contribution in [0.2, 0.25) is 10.0 Å². The molecule has 0 saturated heterocycles. The van der Waals surface area contributed by atoms with E-state index >= 15 is 0 Å². The first-order chi connectivity index (χ1) is 10.8. The van der Waals surface area contributed by atoms with Crippen LogP contribution in [0.25, 0.3) is 0 Å². The minimum Gasteiger partial charge on any atom is -0.387 e. The third-order valence-electron chi connectivity index (χ3n) is 3.34. The van der Waals surface area contributed by atoms with Gasteiger partial charge in [0.25, 0.3) is 0 Å². The average Bonchev–Trinajstić information content (AvgIpc) is 2.79. The number of nitro groups is 1. The Morgan fingerprint density at radius 1 is 1.39 bits per heavy atom. The Bertz CT molecular complexity index is 713. The molecule has 1 aromatic heterocycles. The van der Waals surface area contributed by atoms with Crippen LogP contribution in [0, 0.1) is 10.1 Å². The molecule has 1 aromatic carbocycles. The number of hydrogen-bond donors (Lipinski definition) is 2. The molecule has 0 spiro atoms. The molecule has 0 bridgehead atoms. The lowest BCUT2D eigenvalue weighted by molar-refractivity contribution is -0.384. The Kier molecular flexibility index (Phi) is 5.46. The van der Waals surface area contributed by atoms with Gasteiger partial charge in [-0.3, -0.25) is 10.1 Å². The smallest absolute Gasteiger partial charge is 0.333 e. The number of aryl methyl sites for hydroxylation is 2. The number of benzene rings is 1. The monoisotopic (exact) mass is 358 g/mol. The number of hydrogen-bond acceptors (Lipinski definition) is 5. The lowest BCUT2D eigenvalue weighted by Crippen LogP contribution is -2.15. The van der Waals surface area contributed by atoms with E-state index < -0.39 is 11.0 Å². The van der Waals surface area contributed by atoms with Gasteiger partial charge in [-0.2, -0.15) is 5.10 Å². The van der Waals surface area contributed by atoms with Gasteiger partial charge in [-0.25, -0.2) is 4.68 Å². The lowest BCUT2D eigenvalue weighted by atomic mass is 10.1. The van der Waals surface area contributed by atoms with Crippen molar-refractivity contribution in [3.05, 3.63) is 49.6 Å². The molecule has 1 unspecified atom stereocenters. The standard InChI is InChI=1S/C14H16Cl2N4O3/c1-3-11-13(20(22)23)14(19(2)18-11)17-7-12(21)8-4-9(15)6-10(16)5-8/h4-6,12,17,21H,3,7H2,1-2H3. The second-order valence-electron chi connectivity index (χ2n) is 4.98. The van der Waals surface area contributed by atoms with Gasteiger partial charge in [-0.1, -0.05) is 30.1 Å². The summed E-state index contributed by atoms with van der Waals surface area (Å²) in [5, 5.41) is 29.3. The van der Waals surface area contributed by atoms with Crippen LogP contribution in [-0.2, 0) is 13.5 Å². The summed E-state index contributed by atoms with van der Waals surface area (Å²) in [7, 11) is 1.61. The van der Waals surface area contributed by atoms with E-state index in [2.05, 4.69) is 10.4 Å². The molecule has 1 atom stereocenters. The van der Waals surface area contributed by atoms with Gasteiger partial charge >= 0.3 is 5.69 Å². The van der Waals surface area contributed by atoms with Crippen LogP contribution in [0.4, 0.5) is 11.5 Å². The molecule has 0 aliphatic heterocycles. The maximum Gasteiger partial charge on any atom is 0.333 e. The van der Waals surface area contributed by atoms with Gasteiger partial charge in [0.05, 0.1) is 11.0 Å². The first-order valence-corrected chi connectivity index (χ1v) is 7.67. The molecule has 7 nitrogen and oxygen atoms in total. The Morgan fingerprint density at radius 3 is 2.52 bits per heavy atom. The van der Waals surface area contributed by atoms with Crippen LogP contribution in [0.5, 0.6) is 0 Å². The largest absolute Gasteiger partial charge is 0.387 e. The summed E-state index contributed by atoms with van der Waals surface area (Å²) in [5.74, 6) is 0.249. The van der Waals surface area contributed by atoms with Gasteiger partial charge in [-0.15, -0.1) is 0 Å². The van der Waals surface area contributed by atoms with E-state index in [-0.39, 0.29) is 18.1 Å². The van der Waals surface area contributed by atoms with Crippen molar-refractivity contribution < 1.29 is 10.0 Å². The van der Waals surface area contributed by atoms with Crippen LogP contribution in [0.1, 0.15) is 24.3 Å². The molecule has 23 heavy (non-hydrogen) atoms. The number of anilines is 1. The number of nitrogens with zero attached hydrogens (tertiary/aromatic N) is 3. The third-order valence-corrected chi connectivity index (χ3v) is 3.78. The van der Waals surface area contributed by atoms with Crippen molar-refractivity contribution in [3.8, 4) is 0 Å². The molecular formula is C14H16Cl2N4O3. The molecule has 0 radical (unpaired) electrons. The molecule has 9 heteroatoms. The van der Waals surface area contributed by atoms with E-state index in [1.54, 1.807) is 32.2 Å². The normalized spacial score (nSPS) is 12.2. The summed E-state index contributed by atoms with van der Waals surface area (Å²) in [4.78, 5) is 10.8. The number of rotatable bonds is 6. The van der Waals surface area contributed by atoms with Crippen molar-refractivity contribution in [1.29, 1.82) is 0 Å². The van der Waals surface area contributed by atoms with Crippen molar-refractivity contribution in [2.24, 2.45) is 7.05 Å². The second kappa shape index (κ2) is 7.16. The molecule has 0 aliphatic rings. The van der Waals surface area contributed by atoms with Crippen LogP contribution in [-0.4, -0.2) is 26.4 Å². The molecular weight excluding hydrogens is 343 g/mol. The zero-order valence-electron chi connectivity index (χ0n) is 12.6. The maximum atomic E-state index is 11.2. The first kappa shape index (κ1) is 17.5. The second-order valence-corrected chi connectivity index (χ2v) is 5.85. The predicted molar refractivity (Wildman–Crippen MR) is 89.2 cm³/mol. The molecule has 1 heterocycles. The Hall–Kier alpha value is -1.83. The summed E-state index contributed by atoms with van der Waals surface area (Å²) in [5.41, 5.74) is 0.835. The maximum absolute atomic E-state index is 11.2. The fraction of sp³-hybridized carbons (Fsp3) is 0.357. The highest BCUT2D eigenvalue weighted by molar-refractivity contribution is 6.34. The van der Waals surface area contributed by atoms with Crippen LogP contribution < -0.4 is 5.32 Å².